The van der Waals surface area contributed by atoms with Gasteiger partial charge in [-0.05, 0) is 42.0 Å². The largest absolute Gasteiger partial charge is 0.326 e. The van der Waals surface area contributed by atoms with Crippen LogP contribution in [-0.4, -0.2) is 21.0 Å². The summed E-state index contributed by atoms with van der Waals surface area (Å²) in [5.74, 6) is 0.475. The zero-order valence-electron chi connectivity index (χ0n) is 12.7. The van der Waals surface area contributed by atoms with Gasteiger partial charge in [-0.15, -0.1) is 12.4 Å². The van der Waals surface area contributed by atoms with Gasteiger partial charge in [0.05, 0.1) is 4.90 Å². The molecule has 0 heterocycles. The fraction of sp³-hybridized carbons (Fsp3) is 0.294. The summed E-state index contributed by atoms with van der Waals surface area (Å²) >= 11 is 0. The molecule has 0 radical (unpaired) electrons. The number of benzene rings is 2. The quantitative estimate of drug-likeness (QED) is 0.839. The van der Waals surface area contributed by atoms with Crippen molar-refractivity contribution in [1.29, 1.82) is 0 Å². The number of nitrogens with one attached hydrogen (secondary N) is 1. The maximum atomic E-state index is 12.3. The summed E-state index contributed by atoms with van der Waals surface area (Å²) in [5.41, 5.74) is 8.00. The van der Waals surface area contributed by atoms with Crippen LogP contribution in [-0.2, 0) is 10.0 Å². The first-order chi connectivity index (χ1) is 10.6. The molecule has 1 atom stereocenters. The van der Waals surface area contributed by atoms with Crippen LogP contribution in [0.3, 0.4) is 0 Å². The molecule has 3 rings (SSSR count). The van der Waals surface area contributed by atoms with Crippen molar-refractivity contribution in [3.05, 3.63) is 54.6 Å². The SMILES string of the molecule is Cl.NC(CNS(=O)(=O)c1ccc(-c2ccccc2)cc1)C1CC1. The second kappa shape index (κ2) is 7.45. The van der Waals surface area contributed by atoms with Gasteiger partial charge in [0.25, 0.3) is 0 Å². The fourth-order valence-electron chi connectivity index (χ4n) is 2.44. The first-order valence-corrected chi connectivity index (χ1v) is 8.95. The first-order valence-electron chi connectivity index (χ1n) is 7.47. The van der Waals surface area contributed by atoms with E-state index in [2.05, 4.69) is 4.72 Å². The number of nitrogens with two attached hydrogens (primary N) is 1. The maximum Gasteiger partial charge on any atom is 0.240 e. The molecule has 23 heavy (non-hydrogen) atoms. The summed E-state index contributed by atoms with van der Waals surface area (Å²) in [7, 11) is -3.49. The van der Waals surface area contributed by atoms with E-state index in [9.17, 15) is 8.42 Å². The average Bonchev–Trinajstić information content (AvgIpc) is 3.39. The standard InChI is InChI=1S/C17H20N2O2S.ClH/c18-17(15-6-7-15)12-19-22(20,21)16-10-8-14(9-11-16)13-4-2-1-3-5-13;/h1-5,8-11,15,17,19H,6-7,12,18H2;1H. The Morgan fingerprint density at radius 1 is 1.00 bits per heavy atom. The van der Waals surface area contributed by atoms with Gasteiger partial charge in [-0.3, -0.25) is 0 Å². The molecule has 1 unspecified atom stereocenters. The van der Waals surface area contributed by atoms with Crippen LogP contribution in [0.15, 0.2) is 59.5 Å². The van der Waals surface area contributed by atoms with Crippen LogP contribution >= 0.6 is 12.4 Å². The van der Waals surface area contributed by atoms with Gasteiger partial charge >= 0.3 is 0 Å². The van der Waals surface area contributed by atoms with Gasteiger partial charge in [0.15, 0.2) is 0 Å². The Kier molecular flexibility index (Phi) is 5.81. The Morgan fingerprint density at radius 3 is 2.13 bits per heavy atom. The summed E-state index contributed by atoms with van der Waals surface area (Å²) < 4.78 is 27.1. The predicted molar refractivity (Wildman–Crippen MR) is 95.0 cm³/mol. The van der Waals surface area contributed by atoms with Gasteiger partial charge < -0.3 is 5.73 Å². The molecule has 3 N–H and O–H groups in total. The molecule has 124 valence electrons. The average molecular weight is 353 g/mol. The lowest BCUT2D eigenvalue weighted by Gasteiger charge is -2.12. The van der Waals surface area contributed by atoms with E-state index in [0.29, 0.717) is 12.5 Å². The zero-order chi connectivity index (χ0) is 15.6. The molecule has 2 aromatic carbocycles. The van der Waals surface area contributed by atoms with Crippen LogP contribution in [0.1, 0.15) is 12.8 Å². The van der Waals surface area contributed by atoms with Crippen LogP contribution in [0.2, 0.25) is 0 Å². The van der Waals surface area contributed by atoms with Gasteiger partial charge in [0.2, 0.25) is 10.0 Å². The Bertz CT molecular complexity index is 729. The molecule has 6 heteroatoms. The van der Waals surface area contributed by atoms with E-state index in [1.807, 2.05) is 42.5 Å². The molecule has 2 aromatic rings. The Hall–Kier alpha value is -1.40. The van der Waals surface area contributed by atoms with E-state index in [1.54, 1.807) is 12.1 Å². The number of halogens is 1. The summed E-state index contributed by atoms with van der Waals surface area (Å²) in [6, 6.07) is 16.7. The van der Waals surface area contributed by atoms with Crippen molar-refractivity contribution in [2.75, 3.05) is 6.54 Å². The van der Waals surface area contributed by atoms with E-state index in [0.717, 1.165) is 24.0 Å². The van der Waals surface area contributed by atoms with Crippen LogP contribution in [0.25, 0.3) is 11.1 Å². The molecule has 0 bridgehead atoms. The molecule has 1 saturated carbocycles. The third kappa shape index (κ3) is 4.54. The molecule has 0 spiro atoms. The number of hydrogen-bond donors (Lipinski definition) is 2. The van der Waals surface area contributed by atoms with Crippen molar-refractivity contribution < 1.29 is 8.42 Å². The van der Waals surface area contributed by atoms with Crippen molar-refractivity contribution in [3.8, 4) is 11.1 Å². The number of sulfonamides is 1. The Balaban J connectivity index is 0.00000192. The van der Waals surface area contributed by atoms with Crippen molar-refractivity contribution in [2.45, 2.75) is 23.8 Å². The lowest BCUT2D eigenvalue weighted by atomic mass is 10.1. The Morgan fingerprint density at radius 2 is 1.57 bits per heavy atom. The fourth-order valence-corrected chi connectivity index (χ4v) is 3.51. The van der Waals surface area contributed by atoms with Crippen molar-refractivity contribution >= 4 is 22.4 Å². The van der Waals surface area contributed by atoms with Crippen LogP contribution in [0, 0.1) is 5.92 Å². The topological polar surface area (TPSA) is 72.2 Å². The second-order valence-corrected chi connectivity index (χ2v) is 7.51. The van der Waals surface area contributed by atoms with E-state index < -0.39 is 10.0 Å². The highest BCUT2D eigenvalue weighted by Gasteiger charge is 2.29. The molecular weight excluding hydrogens is 332 g/mol. The summed E-state index contributed by atoms with van der Waals surface area (Å²) in [6.07, 6.45) is 2.21. The smallest absolute Gasteiger partial charge is 0.240 e. The minimum absolute atomic E-state index is 0. The minimum Gasteiger partial charge on any atom is -0.326 e. The van der Waals surface area contributed by atoms with Crippen molar-refractivity contribution in [1.82, 2.24) is 4.72 Å². The third-order valence-corrected chi connectivity index (χ3v) is 5.45. The van der Waals surface area contributed by atoms with Gasteiger partial charge in [0.1, 0.15) is 0 Å². The second-order valence-electron chi connectivity index (χ2n) is 5.74. The van der Waals surface area contributed by atoms with Gasteiger partial charge in [-0.2, -0.15) is 0 Å². The molecule has 1 fully saturated rings. The van der Waals surface area contributed by atoms with Crippen LogP contribution in [0.4, 0.5) is 0 Å². The highest BCUT2D eigenvalue weighted by atomic mass is 35.5. The van der Waals surface area contributed by atoms with Gasteiger partial charge in [0, 0.05) is 12.6 Å². The molecule has 0 amide bonds. The zero-order valence-corrected chi connectivity index (χ0v) is 14.3. The molecule has 0 saturated heterocycles. The van der Waals surface area contributed by atoms with Gasteiger partial charge in [-0.25, -0.2) is 13.1 Å². The molecule has 0 aliphatic heterocycles. The van der Waals surface area contributed by atoms with Crippen LogP contribution in [0.5, 0.6) is 0 Å². The lowest BCUT2D eigenvalue weighted by Crippen LogP contribution is -2.38. The molecule has 4 nitrogen and oxygen atoms in total. The number of hydrogen-bond acceptors (Lipinski definition) is 3. The molecule has 1 aliphatic carbocycles. The number of rotatable bonds is 6. The predicted octanol–water partition coefficient (Wildman–Crippen LogP) is 2.79. The van der Waals surface area contributed by atoms with E-state index >= 15 is 0 Å². The normalized spacial score (nSPS) is 15.7. The van der Waals surface area contributed by atoms with E-state index in [4.69, 9.17) is 5.73 Å². The molecular formula is C17H21ClN2O2S. The van der Waals surface area contributed by atoms with E-state index in [1.165, 1.54) is 0 Å². The van der Waals surface area contributed by atoms with E-state index in [-0.39, 0.29) is 23.3 Å². The molecule has 0 aromatic heterocycles. The highest BCUT2D eigenvalue weighted by molar-refractivity contribution is 7.89. The lowest BCUT2D eigenvalue weighted by molar-refractivity contribution is 0.548. The van der Waals surface area contributed by atoms with Crippen LogP contribution < -0.4 is 10.5 Å². The summed E-state index contributed by atoms with van der Waals surface area (Å²) in [5, 5.41) is 0. The minimum atomic E-state index is -3.49. The van der Waals surface area contributed by atoms with Crippen molar-refractivity contribution in [3.63, 3.8) is 0 Å². The summed E-state index contributed by atoms with van der Waals surface area (Å²) in [6.45, 7) is 0.299. The third-order valence-electron chi connectivity index (χ3n) is 4.01. The maximum absolute atomic E-state index is 12.3. The van der Waals surface area contributed by atoms with Gasteiger partial charge in [-0.1, -0.05) is 42.5 Å². The van der Waals surface area contributed by atoms with Crippen molar-refractivity contribution in [2.24, 2.45) is 11.7 Å². The highest BCUT2D eigenvalue weighted by Crippen LogP contribution is 2.31. The monoisotopic (exact) mass is 352 g/mol. The summed E-state index contributed by atoms with van der Waals surface area (Å²) in [4.78, 5) is 0.273. The molecule has 1 aliphatic rings. The first kappa shape index (κ1) is 17.9. The Labute approximate surface area is 143 Å².